The number of carbonyl (C=O) groups is 3. The number of carbonyl (C=O) groups excluding carboxylic acids is 3. The van der Waals surface area contributed by atoms with Gasteiger partial charge in [-0.3, -0.25) is 14.4 Å². The van der Waals surface area contributed by atoms with Crippen LogP contribution < -0.4 is 0 Å². The molecule has 0 amide bonds. The average Bonchev–Trinajstić information content (AvgIpc) is 3.26. The molecule has 0 fully saturated rings. The normalized spacial score (nSPS) is 12.8. The lowest BCUT2D eigenvalue weighted by molar-refractivity contribution is -0.167. The van der Waals surface area contributed by atoms with Gasteiger partial charge in [-0.15, -0.1) is 0 Å². The first kappa shape index (κ1) is 57.6. The van der Waals surface area contributed by atoms with Crippen molar-refractivity contribution in [3.05, 3.63) is 85.1 Å². The molecule has 0 saturated heterocycles. The van der Waals surface area contributed by atoms with Crippen molar-refractivity contribution in [3.63, 3.8) is 0 Å². The van der Waals surface area contributed by atoms with Crippen molar-refractivity contribution in [2.45, 2.75) is 232 Å². The number of ether oxygens (including phenoxy) is 3. The molecule has 0 aliphatic rings. The van der Waals surface area contributed by atoms with Crippen molar-refractivity contribution < 1.29 is 28.6 Å². The van der Waals surface area contributed by atoms with E-state index in [0.29, 0.717) is 12.8 Å². The van der Waals surface area contributed by atoms with E-state index < -0.39 is 6.10 Å². The molecular weight excluding hydrogens is 757 g/mol. The van der Waals surface area contributed by atoms with Crippen LogP contribution in [0.1, 0.15) is 226 Å². The Morgan fingerprint density at radius 2 is 0.656 bits per heavy atom. The van der Waals surface area contributed by atoms with Crippen LogP contribution in [-0.4, -0.2) is 37.2 Å². The SMILES string of the molecule is CC/C=C\C/C=C\C/C=C\C/C=C\CCCCCC(=O)OC(COC(=O)CCC/C=C\C/C=C\C/C=C\CCCCCCCC)COC(=O)CCCCCCCCCCCC. The molecule has 0 aliphatic carbocycles. The third-order valence-corrected chi connectivity index (χ3v) is 10.4. The van der Waals surface area contributed by atoms with Crippen LogP contribution in [0.2, 0.25) is 0 Å². The topological polar surface area (TPSA) is 78.9 Å². The van der Waals surface area contributed by atoms with Gasteiger partial charge < -0.3 is 14.2 Å². The van der Waals surface area contributed by atoms with Crippen molar-refractivity contribution in [1.82, 2.24) is 0 Å². The van der Waals surface area contributed by atoms with Gasteiger partial charge in [0, 0.05) is 19.3 Å². The summed E-state index contributed by atoms with van der Waals surface area (Å²) >= 11 is 0. The number of esters is 3. The van der Waals surface area contributed by atoms with Crippen LogP contribution in [-0.2, 0) is 28.6 Å². The predicted molar refractivity (Wildman–Crippen MR) is 261 cm³/mol. The van der Waals surface area contributed by atoms with Crippen molar-refractivity contribution in [2.75, 3.05) is 13.2 Å². The van der Waals surface area contributed by atoms with E-state index in [1.54, 1.807) is 0 Å². The second-order valence-electron chi connectivity index (χ2n) is 16.3. The molecule has 0 aromatic heterocycles. The molecule has 0 bridgehead atoms. The Kier molecular flexibility index (Phi) is 46.5. The molecule has 0 N–H and O–H groups in total. The second kappa shape index (κ2) is 49.2. The molecule has 0 radical (unpaired) electrons. The molecule has 6 nitrogen and oxygen atoms in total. The van der Waals surface area contributed by atoms with Gasteiger partial charge in [0.25, 0.3) is 0 Å². The fourth-order valence-electron chi connectivity index (χ4n) is 6.62. The number of hydrogen-bond acceptors (Lipinski definition) is 6. The quantitative estimate of drug-likeness (QED) is 0.0263. The van der Waals surface area contributed by atoms with Crippen LogP contribution in [0, 0.1) is 0 Å². The molecule has 0 saturated carbocycles. The Morgan fingerprint density at radius 1 is 0.344 bits per heavy atom. The molecule has 0 aromatic carbocycles. The van der Waals surface area contributed by atoms with Crippen LogP contribution in [0.5, 0.6) is 0 Å². The van der Waals surface area contributed by atoms with Gasteiger partial charge in [0.1, 0.15) is 13.2 Å². The van der Waals surface area contributed by atoms with Gasteiger partial charge in [0.2, 0.25) is 0 Å². The maximum Gasteiger partial charge on any atom is 0.306 e. The minimum absolute atomic E-state index is 0.105. The number of unbranched alkanes of at least 4 members (excludes halogenated alkanes) is 19. The van der Waals surface area contributed by atoms with Crippen molar-refractivity contribution in [1.29, 1.82) is 0 Å². The summed E-state index contributed by atoms with van der Waals surface area (Å²) in [7, 11) is 0. The zero-order valence-corrected chi connectivity index (χ0v) is 39.7. The largest absolute Gasteiger partial charge is 0.462 e. The maximum absolute atomic E-state index is 12.8. The van der Waals surface area contributed by atoms with Gasteiger partial charge in [-0.05, 0) is 89.9 Å². The molecular formula is C55H92O6. The van der Waals surface area contributed by atoms with Crippen LogP contribution in [0.15, 0.2) is 85.1 Å². The van der Waals surface area contributed by atoms with E-state index in [1.165, 1.54) is 89.9 Å². The summed E-state index contributed by atoms with van der Waals surface area (Å²) in [5.74, 6) is -0.995. The molecule has 348 valence electrons. The zero-order chi connectivity index (χ0) is 44.4. The van der Waals surface area contributed by atoms with Gasteiger partial charge in [0.05, 0.1) is 0 Å². The van der Waals surface area contributed by atoms with E-state index in [-0.39, 0.29) is 44.0 Å². The minimum atomic E-state index is -0.811. The second-order valence-corrected chi connectivity index (χ2v) is 16.3. The summed E-state index contributed by atoms with van der Waals surface area (Å²) in [5, 5.41) is 0. The standard InChI is InChI=1S/C55H92O6/c1-4-7-10-13-16-19-22-24-26-28-30-31-33-36-39-42-45-48-54(57)60-51-52(50-59-53(56)47-44-41-38-35-21-18-15-12-9-6-3)61-55(58)49-46-43-40-37-34-32-29-27-25-23-20-17-14-11-8-5-2/h8,11,17,20,24-27,30-32,34,36,39,52H,4-7,9-10,12-16,18-19,21-23,28-29,33,35,37-38,40-51H2,1-3H3/b11-8-,20-17-,26-24-,27-25-,31-30-,34-32-,39-36-. The predicted octanol–water partition coefficient (Wildman–Crippen LogP) is 16.4. The summed E-state index contributed by atoms with van der Waals surface area (Å²) in [5.41, 5.74) is 0. The molecule has 6 heteroatoms. The van der Waals surface area contributed by atoms with E-state index in [1.807, 2.05) is 0 Å². The molecule has 0 aliphatic heterocycles. The fraction of sp³-hybridized carbons (Fsp3) is 0.691. The zero-order valence-electron chi connectivity index (χ0n) is 39.7. The Balaban J connectivity index is 4.50. The minimum Gasteiger partial charge on any atom is -0.462 e. The van der Waals surface area contributed by atoms with E-state index in [0.717, 1.165) is 89.9 Å². The first-order chi connectivity index (χ1) is 30.0. The summed E-state index contributed by atoms with van der Waals surface area (Å²) < 4.78 is 16.7. The highest BCUT2D eigenvalue weighted by molar-refractivity contribution is 5.71. The Morgan fingerprint density at radius 3 is 1.08 bits per heavy atom. The highest BCUT2D eigenvalue weighted by atomic mass is 16.6. The summed E-state index contributed by atoms with van der Waals surface area (Å²) in [4.78, 5) is 37.8. The monoisotopic (exact) mass is 849 g/mol. The van der Waals surface area contributed by atoms with Crippen LogP contribution in [0.25, 0.3) is 0 Å². The molecule has 1 atom stereocenters. The van der Waals surface area contributed by atoms with Crippen molar-refractivity contribution in [3.8, 4) is 0 Å². The van der Waals surface area contributed by atoms with Gasteiger partial charge in [-0.25, -0.2) is 0 Å². The van der Waals surface area contributed by atoms with Crippen molar-refractivity contribution >= 4 is 17.9 Å². The van der Waals surface area contributed by atoms with Gasteiger partial charge >= 0.3 is 17.9 Å². The average molecular weight is 849 g/mol. The molecule has 0 heterocycles. The first-order valence-electron chi connectivity index (χ1n) is 25.1. The summed E-state index contributed by atoms with van der Waals surface area (Å²) in [6, 6.07) is 0. The van der Waals surface area contributed by atoms with E-state index in [9.17, 15) is 14.4 Å². The van der Waals surface area contributed by atoms with E-state index in [4.69, 9.17) is 14.2 Å². The van der Waals surface area contributed by atoms with Crippen LogP contribution in [0.3, 0.4) is 0 Å². The third kappa shape index (κ3) is 47.5. The molecule has 1 unspecified atom stereocenters. The lowest BCUT2D eigenvalue weighted by atomic mass is 10.1. The highest BCUT2D eigenvalue weighted by Crippen LogP contribution is 2.13. The van der Waals surface area contributed by atoms with Gasteiger partial charge in [-0.1, -0.05) is 202 Å². The van der Waals surface area contributed by atoms with Crippen molar-refractivity contribution in [2.24, 2.45) is 0 Å². The van der Waals surface area contributed by atoms with Gasteiger partial charge in [-0.2, -0.15) is 0 Å². The van der Waals surface area contributed by atoms with Crippen LogP contribution >= 0.6 is 0 Å². The Hall–Kier alpha value is -3.41. The van der Waals surface area contributed by atoms with E-state index >= 15 is 0 Å². The Labute approximate surface area is 375 Å². The first-order valence-corrected chi connectivity index (χ1v) is 25.1. The fourth-order valence-corrected chi connectivity index (χ4v) is 6.62. The third-order valence-electron chi connectivity index (χ3n) is 10.4. The number of allylic oxidation sites excluding steroid dienone is 14. The lowest BCUT2D eigenvalue weighted by Gasteiger charge is -2.18. The Bertz CT molecular complexity index is 1200. The highest BCUT2D eigenvalue weighted by Gasteiger charge is 2.19. The maximum atomic E-state index is 12.8. The molecule has 0 aromatic rings. The van der Waals surface area contributed by atoms with E-state index in [2.05, 4.69) is 106 Å². The summed E-state index contributed by atoms with van der Waals surface area (Å²) in [6.45, 7) is 6.42. The molecule has 61 heavy (non-hydrogen) atoms. The number of rotatable bonds is 44. The molecule has 0 spiro atoms. The van der Waals surface area contributed by atoms with Crippen LogP contribution in [0.4, 0.5) is 0 Å². The van der Waals surface area contributed by atoms with Gasteiger partial charge in [0.15, 0.2) is 6.10 Å². The number of hydrogen-bond donors (Lipinski definition) is 0. The molecule has 0 rings (SSSR count). The lowest BCUT2D eigenvalue weighted by Crippen LogP contribution is -2.30. The smallest absolute Gasteiger partial charge is 0.306 e. The summed E-state index contributed by atoms with van der Waals surface area (Å²) in [6.07, 6.45) is 62.9.